The standard InChI is InChI=1S/C13H5BrClNO/c14-9-3-1-2-8-12-10(15)4-7(6-16)5-11(12)17-13(8)9/h1-5H. The summed E-state index contributed by atoms with van der Waals surface area (Å²) in [6, 6.07) is 11.2. The average Bonchev–Trinajstić information content (AvgIpc) is 2.69. The highest BCUT2D eigenvalue weighted by atomic mass is 79.9. The number of rotatable bonds is 0. The van der Waals surface area contributed by atoms with E-state index in [0.717, 1.165) is 20.8 Å². The molecule has 17 heavy (non-hydrogen) atoms. The van der Waals surface area contributed by atoms with Gasteiger partial charge in [0.2, 0.25) is 0 Å². The van der Waals surface area contributed by atoms with E-state index in [9.17, 15) is 0 Å². The van der Waals surface area contributed by atoms with Gasteiger partial charge in [-0.25, -0.2) is 0 Å². The van der Waals surface area contributed by atoms with Crippen LogP contribution in [0, 0.1) is 11.3 Å². The minimum atomic E-state index is 0.498. The lowest BCUT2D eigenvalue weighted by atomic mass is 10.1. The Morgan fingerprint density at radius 1 is 1.29 bits per heavy atom. The van der Waals surface area contributed by atoms with Gasteiger partial charge < -0.3 is 4.42 Å². The van der Waals surface area contributed by atoms with Gasteiger partial charge in [-0.2, -0.15) is 5.26 Å². The van der Waals surface area contributed by atoms with Crippen molar-refractivity contribution in [2.45, 2.75) is 0 Å². The SMILES string of the molecule is N#Cc1cc(Cl)c2c(c1)oc1c(Br)cccc12. The maximum atomic E-state index is 8.89. The Kier molecular flexibility index (Phi) is 2.36. The zero-order valence-corrected chi connectivity index (χ0v) is 10.8. The molecule has 2 nitrogen and oxygen atoms in total. The number of furan rings is 1. The molecule has 0 aliphatic carbocycles. The molecule has 0 spiro atoms. The molecule has 3 rings (SSSR count). The normalized spacial score (nSPS) is 10.9. The molecular formula is C13H5BrClNO. The molecule has 2 aromatic carbocycles. The molecule has 0 aliphatic heterocycles. The van der Waals surface area contributed by atoms with E-state index < -0.39 is 0 Å². The molecule has 1 heterocycles. The summed E-state index contributed by atoms with van der Waals surface area (Å²) in [6.45, 7) is 0. The molecule has 0 bridgehead atoms. The van der Waals surface area contributed by atoms with Crippen molar-refractivity contribution in [2.75, 3.05) is 0 Å². The van der Waals surface area contributed by atoms with Crippen LogP contribution in [0.2, 0.25) is 5.02 Å². The van der Waals surface area contributed by atoms with E-state index in [4.69, 9.17) is 21.3 Å². The third-order valence-electron chi connectivity index (χ3n) is 2.63. The van der Waals surface area contributed by atoms with E-state index in [2.05, 4.69) is 22.0 Å². The summed E-state index contributed by atoms with van der Waals surface area (Å²) >= 11 is 9.62. The van der Waals surface area contributed by atoms with Gasteiger partial charge in [-0.3, -0.25) is 0 Å². The molecule has 0 saturated heterocycles. The van der Waals surface area contributed by atoms with Crippen LogP contribution in [0.15, 0.2) is 39.2 Å². The van der Waals surface area contributed by atoms with Gasteiger partial charge in [0.05, 0.1) is 21.1 Å². The van der Waals surface area contributed by atoms with Crippen LogP contribution in [-0.4, -0.2) is 0 Å². The highest BCUT2D eigenvalue weighted by Crippen LogP contribution is 2.37. The quantitative estimate of drug-likeness (QED) is 0.594. The average molecular weight is 307 g/mol. The van der Waals surface area contributed by atoms with Crippen LogP contribution in [-0.2, 0) is 0 Å². The first kappa shape index (κ1) is 10.6. The highest BCUT2D eigenvalue weighted by molar-refractivity contribution is 9.10. The predicted molar refractivity (Wildman–Crippen MR) is 71.1 cm³/mol. The van der Waals surface area contributed by atoms with E-state index >= 15 is 0 Å². The molecule has 82 valence electrons. The van der Waals surface area contributed by atoms with Crippen molar-refractivity contribution < 1.29 is 4.42 Å². The van der Waals surface area contributed by atoms with Gasteiger partial charge >= 0.3 is 0 Å². The number of fused-ring (bicyclic) bond motifs is 3. The van der Waals surface area contributed by atoms with Crippen molar-refractivity contribution in [1.82, 2.24) is 0 Å². The molecule has 4 heteroatoms. The lowest BCUT2D eigenvalue weighted by Gasteiger charge is -1.94. The molecule has 1 aromatic heterocycles. The molecule has 0 unspecified atom stereocenters. The number of nitriles is 1. The van der Waals surface area contributed by atoms with Crippen LogP contribution in [0.25, 0.3) is 21.9 Å². The summed E-state index contributed by atoms with van der Waals surface area (Å²) in [5.41, 5.74) is 1.88. The Hall–Kier alpha value is -1.50. The van der Waals surface area contributed by atoms with Gasteiger partial charge in [0.15, 0.2) is 0 Å². The number of halogens is 2. The number of hydrogen-bond donors (Lipinski definition) is 0. The van der Waals surface area contributed by atoms with E-state index in [-0.39, 0.29) is 0 Å². The van der Waals surface area contributed by atoms with Crippen LogP contribution in [0.3, 0.4) is 0 Å². The fourth-order valence-electron chi connectivity index (χ4n) is 1.91. The second-order valence-electron chi connectivity index (χ2n) is 3.66. The van der Waals surface area contributed by atoms with Gasteiger partial charge in [0.1, 0.15) is 11.2 Å². The summed E-state index contributed by atoms with van der Waals surface area (Å²) in [5.74, 6) is 0. The largest absolute Gasteiger partial charge is 0.455 e. The van der Waals surface area contributed by atoms with E-state index in [1.165, 1.54) is 0 Å². The third-order valence-corrected chi connectivity index (χ3v) is 3.55. The highest BCUT2D eigenvalue weighted by Gasteiger charge is 2.13. The van der Waals surface area contributed by atoms with Gasteiger partial charge in [-0.1, -0.05) is 23.7 Å². The van der Waals surface area contributed by atoms with Crippen LogP contribution < -0.4 is 0 Å². The zero-order valence-electron chi connectivity index (χ0n) is 8.50. The van der Waals surface area contributed by atoms with Gasteiger partial charge in [0.25, 0.3) is 0 Å². The summed E-state index contributed by atoms with van der Waals surface area (Å²) in [6.07, 6.45) is 0. The molecule has 0 radical (unpaired) electrons. The zero-order chi connectivity index (χ0) is 12.0. The summed E-state index contributed by atoms with van der Waals surface area (Å²) in [7, 11) is 0. The number of nitrogens with zero attached hydrogens (tertiary/aromatic N) is 1. The van der Waals surface area contributed by atoms with E-state index in [0.29, 0.717) is 16.2 Å². The Bertz CT molecular complexity index is 785. The predicted octanol–water partition coefficient (Wildman–Crippen LogP) is 4.87. The summed E-state index contributed by atoms with van der Waals surface area (Å²) < 4.78 is 6.60. The molecule has 3 aromatic rings. The van der Waals surface area contributed by atoms with Gasteiger partial charge in [0, 0.05) is 10.8 Å². The Labute approximate surface area is 111 Å². The molecule has 0 saturated carbocycles. The Balaban J connectivity index is 2.57. The molecule has 0 N–H and O–H groups in total. The minimum Gasteiger partial charge on any atom is -0.455 e. The Morgan fingerprint density at radius 2 is 2.12 bits per heavy atom. The molecule has 0 fully saturated rings. The van der Waals surface area contributed by atoms with Gasteiger partial charge in [-0.05, 0) is 34.1 Å². The monoisotopic (exact) mass is 305 g/mol. The van der Waals surface area contributed by atoms with Gasteiger partial charge in [-0.15, -0.1) is 0 Å². The maximum Gasteiger partial charge on any atom is 0.149 e. The molecule has 0 amide bonds. The fraction of sp³-hybridized carbons (Fsp3) is 0. The topological polar surface area (TPSA) is 36.9 Å². The summed E-state index contributed by atoms with van der Waals surface area (Å²) in [5, 5.41) is 11.2. The van der Waals surface area contributed by atoms with Crippen molar-refractivity contribution in [3.63, 3.8) is 0 Å². The first-order chi connectivity index (χ1) is 8.20. The first-order valence-electron chi connectivity index (χ1n) is 4.91. The van der Waals surface area contributed by atoms with Crippen molar-refractivity contribution in [1.29, 1.82) is 5.26 Å². The molecule has 0 atom stereocenters. The van der Waals surface area contributed by atoms with Crippen LogP contribution in [0.1, 0.15) is 5.56 Å². The lowest BCUT2D eigenvalue weighted by Crippen LogP contribution is -1.75. The minimum absolute atomic E-state index is 0.498. The molecule has 0 aliphatic rings. The Morgan fingerprint density at radius 3 is 2.88 bits per heavy atom. The van der Waals surface area contributed by atoms with Crippen LogP contribution in [0.5, 0.6) is 0 Å². The van der Waals surface area contributed by atoms with E-state index in [1.807, 2.05) is 18.2 Å². The van der Waals surface area contributed by atoms with Crippen LogP contribution in [0.4, 0.5) is 0 Å². The third kappa shape index (κ3) is 1.53. The number of para-hydroxylation sites is 1. The van der Waals surface area contributed by atoms with E-state index in [1.54, 1.807) is 12.1 Å². The first-order valence-corrected chi connectivity index (χ1v) is 6.08. The van der Waals surface area contributed by atoms with Crippen molar-refractivity contribution in [2.24, 2.45) is 0 Å². The second kappa shape index (κ2) is 3.76. The number of benzene rings is 2. The lowest BCUT2D eigenvalue weighted by molar-refractivity contribution is 0.666. The maximum absolute atomic E-state index is 8.89. The number of hydrogen-bond acceptors (Lipinski definition) is 2. The van der Waals surface area contributed by atoms with Crippen molar-refractivity contribution in [3.05, 3.63) is 45.4 Å². The van der Waals surface area contributed by atoms with Crippen molar-refractivity contribution in [3.8, 4) is 6.07 Å². The fourth-order valence-corrected chi connectivity index (χ4v) is 2.67. The van der Waals surface area contributed by atoms with Crippen LogP contribution >= 0.6 is 27.5 Å². The van der Waals surface area contributed by atoms with Crippen molar-refractivity contribution >= 4 is 49.5 Å². The second-order valence-corrected chi connectivity index (χ2v) is 4.92. The molecular weight excluding hydrogens is 302 g/mol. The smallest absolute Gasteiger partial charge is 0.149 e. The summed E-state index contributed by atoms with van der Waals surface area (Å²) in [4.78, 5) is 0.